The van der Waals surface area contributed by atoms with Crippen LogP contribution in [0.1, 0.15) is 64.4 Å². The van der Waals surface area contributed by atoms with Crippen LogP contribution in [0.2, 0.25) is 0 Å². The molecule has 3 N–H and O–H groups in total. The number of methoxy groups -OCH3 is 1. The van der Waals surface area contributed by atoms with Crippen LogP contribution in [0.4, 0.5) is 4.79 Å². The molecule has 0 radical (unpaired) electrons. The highest BCUT2D eigenvalue weighted by molar-refractivity contribution is 7.91. The maximum absolute atomic E-state index is 14.0. The predicted octanol–water partition coefficient (Wildman–Crippen LogP) is 3.83. The van der Waals surface area contributed by atoms with E-state index in [2.05, 4.69) is 20.5 Å². The summed E-state index contributed by atoms with van der Waals surface area (Å²) in [5, 5.41) is 11.0. The van der Waals surface area contributed by atoms with Crippen molar-refractivity contribution in [1.29, 1.82) is 0 Å². The smallest absolute Gasteiger partial charge is 0.317 e. The first-order valence-electron chi connectivity index (χ1n) is 17.5. The average Bonchev–Trinajstić information content (AvgIpc) is 3.97. The van der Waals surface area contributed by atoms with E-state index in [1.54, 1.807) is 31.8 Å². The lowest BCUT2D eigenvalue weighted by atomic mass is 10.1. The number of ether oxygens (including phenoxy) is 2. The molecule has 2 aromatic heterocycles. The Hall–Kier alpha value is -4.66. The van der Waals surface area contributed by atoms with Gasteiger partial charge in [-0.25, -0.2) is 18.2 Å². The second kappa shape index (κ2) is 14.2. The normalized spacial score (nSPS) is 24.1. The number of nitrogens with zero attached hydrogens (tertiary/aromatic N) is 4. The summed E-state index contributed by atoms with van der Waals surface area (Å²) in [5.41, 5.74) is 1.31. The van der Waals surface area contributed by atoms with Crippen molar-refractivity contribution in [3.8, 4) is 22.9 Å². The lowest BCUT2D eigenvalue weighted by Gasteiger charge is -2.26. The quantitative estimate of drug-likeness (QED) is 0.263. The summed E-state index contributed by atoms with van der Waals surface area (Å²) in [4.78, 5) is 47.4. The Bertz CT molecular complexity index is 1970. The van der Waals surface area contributed by atoms with Gasteiger partial charge < -0.3 is 25.0 Å². The van der Waals surface area contributed by atoms with E-state index in [1.165, 1.54) is 4.90 Å². The van der Waals surface area contributed by atoms with Crippen molar-refractivity contribution in [2.75, 3.05) is 27.3 Å². The van der Waals surface area contributed by atoms with Crippen LogP contribution in [0, 0.1) is 12.8 Å². The molecule has 3 atom stereocenters. The summed E-state index contributed by atoms with van der Waals surface area (Å²) in [6.07, 6.45) is 9.23. The van der Waals surface area contributed by atoms with Gasteiger partial charge in [0, 0.05) is 55.7 Å². The molecular formula is C36H47N7O7S. The third-order valence-electron chi connectivity index (χ3n) is 10.3. The molecule has 4 amide bonds. The molecule has 6 rings (SSSR count). The molecular weight excluding hydrogens is 675 g/mol. The zero-order valence-electron chi connectivity index (χ0n) is 29.8. The topological polar surface area (TPSA) is 174 Å². The molecule has 274 valence electrons. The molecule has 0 saturated heterocycles. The first kappa shape index (κ1) is 36.1. The summed E-state index contributed by atoms with van der Waals surface area (Å²) in [5.74, 6) is -0.579. The van der Waals surface area contributed by atoms with Gasteiger partial charge in [-0.1, -0.05) is 12.2 Å². The number of nitrogens with one attached hydrogen (secondary N) is 3. The van der Waals surface area contributed by atoms with Crippen LogP contribution in [0.3, 0.4) is 0 Å². The molecule has 14 nitrogen and oxygen atoms in total. The number of pyridine rings is 1. The van der Waals surface area contributed by atoms with Gasteiger partial charge in [-0.05, 0) is 77.5 Å². The number of fused-ring (bicyclic) bond motifs is 2. The van der Waals surface area contributed by atoms with Crippen molar-refractivity contribution in [2.24, 2.45) is 5.92 Å². The molecule has 0 spiro atoms. The monoisotopic (exact) mass is 721 g/mol. The van der Waals surface area contributed by atoms with E-state index in [9.17, 15) is 22.8 Å². The summed E-state index contributed by atoms with van der Waals surface area (Å²) in [6, 6.07) is 5.85. The SMILES string of the molecule is CCn1ccc(-c2cc(OCCC3NC(=O)N(C)CCCC/C=C\C4C[C@@]4(C(=O)NS(=O)(=O)C4(C)CC4)NC3=O)c3ccc(OC)c(C)c3n2)n1. The molecule has 1 aliphatic heterocycles. The summed E-state index contributed by atoms with van der Waals surface area (Å²) < 4.78 is 41.0. The third-order valence-corrected chi connectivity index (χ3v) is 12.5. The average molecular weight is 722 g/mol. The Balaban J connectivity index is 1.27. The fourth-order valence-corrected chi connectivity index (χ4v) is 7.70. The Morgan fingerprint density at radius 1 is 1.14 bits per heavy atom. The lowest BCUT2D eigenvalue weighted by molar-refractivity contribution is -0.130. The Kier molecular flexibility index (Phi) is 10.0. The van der Waals surface area contributed by atoms with E-state index in [-0.39, 0.29) is 25.4 Å². The number of carbonyl (C=O) groups excluding carboxylic acids is 3. The van der Waals surface area contributed by atoms with Crippen LogP contribution in [-0.2, 0) is 26.2 Å². The summed E-state index contributed by atoms with van der Waals surface area (Å²) in [7, 11) is -0.675. The molecule has 3 aliphatic rings. The standard InChI is InChI=1S/C36H47N7O7S/c1-6-43-19-14-26(40-43)28-21-30(25-12-13-29(49-5)23(2)31(25)37-28)50-20-15-27-32(44)39-36(33(45)41-51(47,48)35(3)16-17-35)22-24(36)11-9-7-8-10-18-42(4)34(46)38-27/h9,11-14,19,21,24,27H,6-8,10,15-18,20,22H2,1-5H3,(H,38,46)(H,39,44)(H,41,45)/b11-9-/t24?,27?,36-/m1/s1. The van der Waals surface area contributed by atoms with E-state index < -0.39 is 44.2 Å². The van der Waals surface area contributed by atoms with Crippen LogP contribution in [-0.4, -0.2) is 89.6 Å². The second-order valence-electron chi connectivity index (χ2n) is 14.0. The minimum absolute atomic E-state index is 0.0182. The molecule has 3 heterocycles. The van der Waals surface area contributed by atoms with Gasteiger partial charge in [-0.3, -0.25) is 19.0 Å². The van der Waals surface area contributed by atoms with Gasteiger partial charge in [0.25, 0.3) is 5.91 Å². The number of amides is 4. The van der Waals surface area contributed by atoms with Crippen molar-refractivity contribution >= 4 is 38.8 Å². The van der Waals surface area contributed by atoms with Crippen molar-refractivity contribution in [3.05, 3.63) is 48.2 Å². The predicted molar refractivity (Wildman–Crippen MR) is 192 cm³/mol. The van der Waals surface area contributed by atoms with Gasteiger partial charge in [0.1, 0.15) is 28.8 Å². The molecule has 2 aliphatic carbocycles. The third kappa shape index (κ3) is 7.39. The second-order valence-corrected chi connectivity index (χ2v) is 16.2. The van der Waals surface area contributed by atoms with E-state index >= 15 is 0 Å². The van der Waals surface area contributed by atoms with Crippen LogP contribution in [0.15, 0.2) is 42.6 Å². The van der Waals surface area contributed by atoms with Gasteiger partial charge in [0.15, 0.2) is 0 Å². The number of rotatable bonds is 10. The Morgan fingerprint density at radius 3 is 2.63 bits per heavy atom. The number of carbonyl (C=O) groups is 3. The number of aryl methyl sites for hydroxylation is 2. The van der Waals surface area contributed by atoms with E-state index in [1.807, 2.05) is 50.4 Å². The van der Waals surface area contributed by atoms with Gasteiger partial charge in [0.2, 0.25) is 15.9 Å². The van der Waals surface area contributed by atoms with E-state index in [4.69, 9.17) is 14.5 Å². The molecule has 15 heteroatoms. The molecule has 1 aromatic carbocycles. The highest BCUT2D eigenvalue weighted by Gasteiger charge is 2.62. The van der Waals surface area contributed by atoms with Gasteiger partial charge >= 0.3 is 6.03 Å². The Morgan fingerprint density at radius 2 is 1.92 bits per heavy atom. The fraction of sp³-hybridized carbons (Fsp3) is 0.528. The number of sulfonamides is 1. The van der Waals surface area contributed by atoms with Crippen LogP contribution >= 0.6 is 0 Å². The maximum Gasteiger partial charge on any atom is 0.317 e. The highest BCUT2D eigenvalue weighted by Crippen LogP contribution is 2.47. The zero-order chi connectivity index (χ0) is 36.6. The molecule has 0 bridgehead atoms. The molecule has 51 heavy (non-hydrogen) atoms. The summed E-state index contributed by atoms with van der Waals surface area (Å²) in [6.45, 7) is 6.73. The minimum Gasteiger partial charge on any atom is -0.496 e. The maximum atomic E-state index is 14.0. The number of urea groups is 1. The highest BCUT2D eigenvalue weighted by atomic mass is 32.2. The largest absolute Gasteiger partial charge is 0.496 e. The van der Waals surface area contributed by atoms with Gasteiger partial charge in [-0.2, -0.15) is 5.10 Å². The zero-order valence-corrected chi connectivity index (χ0v) is 30.6. The number of hydrogen-bond donors (Lipinski definition) is 3. The first-order chi connectivity index (χ1) is 24.3. The van der Waals surface area contributed by atoms with Crippen LogP contribution < -0.4 is 24.8 Å². The molecule has 2 unspecified atom stereocenters. The van der Waals surface area contributed by atoms with E-state index in [0.29, 0.717) is 54.3 Å². The fourth-order valence-electron chi connectivity index (χ4n) is 6.38. The number of benzene rings is 1. The van der Waals surface area contributed by atoms with Gasteiger partial charge in [0.05, 0.1) is 29.7 Å². The van der Waals surface area contributed by atoms with Gasteiger partial charge in [-0.15, -0.1) is 0 Å². The number of aromatic nitrogens is 3. The summed E-state index contributed by atoms with van der Waals surface area (Å²) >= 11 is 0. The van der Waals surface area contributed by atoms with Crippen LogP contribution in [0.25, 0.3) is 22.3 Å². The van der Waals surface area contributed by atoms with Crippen molar-refractivity contribution in [2.45, 2.75) is 88.6 Å². The molecule has 3 aromatic rings. The van der Waals surface area contributed by atoms with Crippen molar-refractivity contribution in [1.82, 2.24) is 35.0 Å². The molecule has 2 fully saturated rings. The minimum atomic E-state index is -3.94. The Labute approximate surface area is 298 Å². The van der Waals surface area contributed by atoms with Crippen molar-refractivity contribution < 1.29 is 32.3 Å². The lowest BCUT2D eigenvalue weighted by Crippen LogP contribution is -2.58. The van der Waals surface area contributed by atoms with E-state index in [0.717, 1.165) is 30.2 Å². The number of allylic oxidation sites excluding steroid dienone is 1. The first-order valence-corrected chi connectivity index (χ1v) is 19.0. The number of hydrogen-bond acceptors (Lipinski definition) is 9. The molecule has 2 saturated carbocycles. The van der Waals surface area contributed by atoms with Crippen LogP contribution in [0.5, 0.6) is 11.5 Å². The van der Waals surface area contributed by atoms with Crippen molar-refractivity contribution in [3.63, 3.8) is 0 Å².